The van der Waals surface area contributed by atoms with Crippen LogP contribution >= 0.6 is 22.6 Å². The minimum Gasteiger partial charge on any atom is -0.476 e. The zero-order valence-electron chi connectivity index (χ0n) is 6.94. The van der Waals surface area contributed by atoms with E-state index in [0.29, 0.717) is 11.0 Å². The molecule has 1 aromatic heterocycles. The van der Waals surface area contributed by atoms with Crippen molar-refractivity contribution < 1.29 is 9.90 Å². The number of benzene rings is 1. The quantitative estimate of drug-likeness (QED) is 0.817. The first-order chi connectivity index (χ1) is 6.66. The molecule has 1 N–H and O–H groups in total. The molecule has 1 aromatic carbocycles. The summed E-state index contributed by atoms with van der Waals surface area (Å²) in [7, 11) is 0. The maximum absolute atomic E-state index is 10.6. The van der Waals surface area contributed by atoms with Gasteiger partial charge >= 0.3 is 5.97 Å². The highest BCUT2D eigenvalue weighted by Crippen LogP contribution is 2.13. The van der Waals surface area contributed by atoms with Gasteiger partial charge in [0.1, 0.15) is 0 Å². The Labute approximate surface area is 93.1 Å². The molecule has 0 aliphatic rings. The molecule has 0 aliphatic heterocycles. The lowest BCUT2D eigenvalue weighted by Gasteiger charge is -1.98. The van der Waals surface area contributed by atoms with Crippen LogP contribution in [0.4, 0.5) is 0 Å². The molecule has 2 aromatic rings. The van der Waals surface area contributed by atoms with Crippen LogP contribution in [0.15, 0.2) is 24.4 Å². The number of hydrogen-bond acceptors (Lipinski definition) is 3. The summed E-state index contributed by atoms with van der Waals surface area (Å²) >= 11 is 2.17. The molecule has 5 heteroatoms. The van der Waals surface area contributed by atoms with Crippen molar-refractivity contribution >= 4 is 39.6 Å². The number of nitrogens with zero attached hydrogens (tertiary/aromatic N) is 2. The number of halogens is 1. The zero-order chi connectivity index (χ0) is 10.1. The van der Waals surface area contributed by atoms with Crippen LogP contribution in [0.3, 0.4) is 0 Å². The Morgan fingerprint density at radius 2 is 2.14 bits per heavy atom. The summed E-state index contributed by atoms with van der Waals surface area (Å²) in [6.45, 7) is 0. The van der Waals surface area contributed by atoms with Crippen LogP contribution in [-0.2, 0) is 0 Å². The van der Waals surface area contributed by atoms with E-state index < -0.39 is 5.97 Å². The summed E-state index contributed by atoms with van der Waals surface area (Å²) in [5, 5.41) is 8.69. The Morgan fingerprint density at radius 3 is 2.86 bits per heavy atom. The van der Waals surface area contributed by atoms with Crippen LogP contribution in [0.1, 0.15) is 10.5 Å². The lowest BCUT2D eigenvalue weighted by Crippen LogP contribution is -2.01. The van der Waals surface area contributed by atoms with Crippen LogP contribution in [-0.4, -0.2) is 21.0 Å². The zero-order valence-corrected chi connectivity index (χ0v) is 9.09. The summed E-state index contributed by atoms with van der Waals surface area (Å²) in [5.41, 5.74) is 1.28. The Kier molecular flexibility index (Phi) is 2.32. The van der Waals surface area contributed by atoms with Crippen LogP contribution in [0.25, 0.3) is 11.0 Å². The van der Waals surface area contributed by atoms with Gasteiger partial charge in [-0.15, -0.1) is 0 Å². The molecule has 70 valence electrons. The van der Waals surface area contributed by atoms with E-state index in [9.17, 15) is 4.79 Å². The van der Waals surface area contributed by atoms with Crippen molar-refractivity contribution in [3.05, 3.63) is 33.7 Å². The van der Waals surface area contributed by atoms with E-state index in [1.54, 1.807) is 6.07 Å². The number of carbonyl (C=O) groups is 1. The molecule has 14 heavy (non-hydrogen) atoms. The van der Waals surface area contributed by atoms with E-state index in [4.69, 9.17) is 5.11 Å². The highest BCUT2D eigenvalue weighted by atomic mass is 125. The maximum Gasteiger partial charge on any atom is 0.356 e. The number of rotatable bonds is 1. The lowest BCUT2D eigenvalue weighted by molar-refractivity contribution is 0.0690. The number of hydrogen-bond donors (Lipinski definition) is 1. The molecular weight excluding hydrogens is 293 g/mol. The number of aromatic carboxylic acids is 1. The third kappa shape index (κ3) is 1.67. The normalized spacial score (nSPS) is 10.4. The predicted molar refractivity (Wildman–Crippen MR) is 59.2 cm³/mol. The average molecular weight is 298 g/mol. The fraction of sp³-hybridized carbons (Fsp3) is 0. The summed E-state index contributed by atoms with van der Waals surface area (Å²) < 4.78 is 1.05. The van der Waals surface area contributed by atoms with Crippen LogP contribution in [0, 0.1) is 3.57 Å². The van der Waals surface area contributed by atoms with E-state index in [1.807, 2.05) is 12.1 Å². The topological polar surface area (TPSA) is 63.1 Å². The lowest BCUT2D eigenvalue weighted by atomic mass is 10.3. The SMILES string of the molecule is O=C(O)c1cnc2cc([125I])ccc2n1. The molecule has 2 rings (SSSR count). The second-order valence-electron chi connectivity index (χ2n) is 2.69. The molecule has 0 saturated heterocycles. The van der Waals surface area contributed by atoms with Gasteiger partial charge in [0.2, 0.25) is 0 Å². The van der Waals surface area contributed by atoms with E-state index in [0.717, 1.165) is 3.57 Å². The number of carboxylic acids is 1. The van der Waals surface area contributed by atoms with Gasteiger partial charge in [-0.3, -0.25) is 4.98 Å². The molecule has 0 radical (unpaired) electrons. The summed E-state index contributed by atoms with van der Waals surface area (Å²) in [5.74, 6) is -1.06. The maximum atomic E-state index is 10.6. The van der Waals surface area contributed by atoms with Crippen molar-refractivity contribution in [2.24, 2.45) is 0 Å². The standard InChI is InChI=1S/C9H5IN2O2/c10-5-1-2-6-7(3-5)11-4-8(12-6)9(13)14/h1-4H,(H,13,14)/i10-2. The monoisotopic (exact) mass is 298 g/mol. The third-order valence-electron chi connectivity index (χ3n) is 1.72. The molecule has 0 unspecified atom stereocenters. The molecular formula is C9H5IN2O2. The number of aromatic nitrogens is 2. The highest BCUT2D eigenvalue weighted by Gasteiger charge is 2.06. The van der Waals surface area contributed by atoms with Crippen molar-refractivity contribution in [1.82, 2.24) is 9.97 Å². The summed E-state index contributed by atoms with van der Waals surface area (Å²) in [6, 6.07) is 5.48. The summed E-state index contributed by atoms with van der Waals surface area (Å²) in [6.07, 6.45) is 1.26. The fourth-order valence-corrected chi connectivity index (χ4v) is 1.56. The molecule has 0 atom stereocenters. The van der Waals surface area contributed by atoms with Crippen LogP contribution in [0.2, 0.25) is 0 Å². The van der Waals surface area contributed by atoms with Gasteiger partial charge in [0.25, 0.3) is 0 Å². The van der Waals surface area contributed by atoms with Crippen molar-refractivity contribution in [2.75, 3.05) is 0 Å². The molecule has 0 amide bonds. The minimum absolute atomic E-state index is 0.0290. The van der Waals surface area contributed by atoms with Crippen molar-refractivity contribution in [3.8, 4) is 0 Å². The van der Waals surface area contributed by atoms with Gasteiger partial charge in [-0.1, -0.05) is 0 Å². The molecule has 0 fully saturated rings. The van der Waals surface area contributed by atoms with Crippen molar-refractivity contribution in [3.63, 3.8) is 0 Å². The van der Waals surface area contributed by atoms with Gasteiger partial charge in [0.05, 0.1) is 17.2 Å². The van der Waals surface area contributed by atoms with E-state index in [-0.39, 0.29) is 5.69 Å². The largest absolute Gasteiger partial charge is 0.476 e. The average Bonchev–Trinajstić information content (AvgIpc) is 2.16. The first kappa shape index (κ1) is 9.32. The fourth-order valence-electron chi connectivity index (χ4n) is 1.09. The Hall–Kier alpha value is -1.24. The second-order valence-corrected chi connectivity index (χ2v) is 3.94. The number of carboxylic acid groups (broad SMARTS) is 1. The molecule has 0 saturated carbocycles. The van der Waals surface area contributed by atoms with Gasteiger partial charge in [-0.25, -0.2) is 9.78 Å². The smallest absolute Gasteiger partial charge is 0.356 e. The first-order valence-electron chi connectivity index (χ1n) is 3.82. The number of fused-ring (bicyclic) bond motifs is 1. The van der Waals surface area contributed by atoms with Gasteiger partial charge in [-0.05, 0) is 40.8 Å². The first-order valence-corrected chi connectivity index (χ1v) is 4.90. The summed E-state index contributed by atoms with van der Waals surface area (Å²) in [4.78, 5) is 18.6. The highest BCUT2D eigenvalue weighted by molar-refractivity contribution is 14.1. The predicted octanol–water partition coefficient (Wildman–Crippen LogP) is 1.93. The molecule has 0 aliphatic carbocycles. The van der Waals surface area contributed by atoms with Crippen molar-refractivity contribution in [1.29, 1.82) is 0 Å². The van der Waals surface area contributed by atoms with Gasteiger partial charge in [0, 0.05) is 3.57 Å². The van der Waals surface area contributed by atoms with Gasteiger partial charge in [-0.2, -0.15) is 0 Å². The molecule has 1 heterocycles. The Bertz CT molecular complexity index is 513. The Morgan fingerprint density at radius 1 is 1.36 bits per heavy atom. The van der Waals surface area contributed by atoms with E-state index >= 15 is 0 Å². The van der Waals surface area contributed by atoms with E-state index in [2.05, 4.69) is 32.6 Å². The van der Waals surface area contributed by atoms with Crippen LogP contribution < -0.4 is 0 Å². The van der Waals surface area contributed by atoms with Crippen LogP contribution in [0.5, 0.6) is 0 Å². The second kappa shape index (κ2) is 3.49. The molecule has 4 nitrogen and oxygen atoms in total. The molecule has 0 bridgehead atoms. The third-order valence-corrected chi connectivity index (χ3v) is 2.39. The van der Waals surface area contributed by atoms with E-state index in [1.165, 1.54) is 6.20 Å². The van der Waals surface area contributed by atoms with Gasteiger partial charge < -0.3 is 5.11 Å². The van der Waals surface area contributed by atoms with Gasteiger partial charge in [0.15, 0.2) is 5.69 Å². The van der Waals surface area contributed by atoms with Crippen molar-refractivity contribution in [2.45, 2.75) is 0 Å². The molecule has 0 spiro atoms. The minimum atomic E-state index is -1.06. The Balaban J connectivity index is 2.67.